The lowest BCUT2D eigenvalue weighted by Gasteiger charge is -2.43. The number of amides is 3. The molecule has 7 nitrogen and oxygen atoms in total. The summed E-state index contributed by atoms with van der Waals surface area (Å²) >= 11 is 0. The van der Waals surface area contributed by atoms with E-state index in [4.69, 9.17) is 5.73 Å². The zero-order chi connectivity index (χ0) is 28.3. The Morgan fingerprint density at radius 1 is 0.925 bits per heavy atom. The van der Waals surface area contributed by atoms with Crippen LogP contribution in [0.15, 0.2) is 84.9 Å². The van der Waals surface area contributed by atoms with Gasteiger partial charge in [-0.05, 0) is 54.0 Å². The van der Waals surface area contributed by atoms with E-state index in [0.717, 1.165) is 29.7 Å². The Kier molecular flexibility index (Phi) is 7.72. The Morgan fingerprint density at radius 3 is 2.08 bits per heavy atom. The number of hydrogen-bond donors (Lipinski definition) is 2. The lowest BCUT2D eigenvalue weighted by atomic mass is 9.80. The standard InChI is InChI=1S/C32H35FN4O3/c1-36(21-23-12-14-27(33)15-13-23)30(40)32(25-10-6-3-7-11-25)20-26(32)22-37-18-16-31(17-19-37,35-29(39)28(34)38)24-8-4-2-5-9-24/h2-15,26H,16-22H2,1H3,(H2,34,38)(H,35,39)/t26-,32+/m1/s1. The van der Waals surface area contributed by atoms with Crippen molar-refractivity contribution >= 4 is 17.7 Å². The van der Waals surface area contributed by atoms with Gasteiger partial charge in [-0.2, -0.15) is 0 Å². The summed E-state index contributed by atoms with van der Waals surface area (Å²) in [5.41, 5.74) is 6.84. The lowest BCUT2D eigenvalue weighted by Crippen LogP contribution is -2.55. The Morgan fingerprint density at radius 2 is 1.50 bits per heavy atom. The average Bonchev–Trinajstić information content (AvgIpc) is 3.70. The van der Waals surface area contributed by atoms with Crippen LogP contribution in [-0.2, 0) is 31.9 Å². The fraction of sp³-hybridized carbons (Fsp3) is 0.344. The van der Waals surface area contributed by atoms with Crippen LogP contribution < -0.4 is 11.1 Å². The Hall–Kier alpha value is -4.04. The van der Waals surface area contributed by atoms with E-state index in [-0.39, 0.29) is 17.6 Å². The van der Waals surface area contributed by atoms with Crippen molar-refractivity contribution in [1.82, 2.24) is 15.1 Å². The van der Waals surface area contributed by atoms with Crippen molar-refractivity contribution in [3.8, 4) is 0 Å². The van der Waals surface area contributed by atoms with Gasteiger partial charge >= 0.3 is 11.8 Å². The molecule has 1 aliphatic carbocycles. The first kappa shape index (κ1) is 27.5. The van der Waals surface area contributed by atoms with Gasteiger partial charge in [0.25, 0.3) is 0 Å². The normalized spacial score (nSPS) is 21.8. The molecular formula is C32H35FN4O3. The zero-order valence-corrected chi connectivity index (χ0v) is 22.7. The number of likely N-dealkylation sites (tertiary alicyclic amines) is 1. The molecule has 1 aliphatic heterocycles. The monoisotopic (exact) mass is 542 g/mol. The first-order chi connectivity index (χ1) is 19.2. The molecule has 40 heavy (non-hydrogen) atoms. The van der Waals surface area contributed by atoms with Gasteiger partial charge in [0, 0.05) is 33.2 Å². The smallest absolute Gasteiger partial charge is 0.309 e. The topological polar surface area (TPSA) is 95.7 Å². The summed E-state index contributed by atoms with van der Waals surface area (Å²) in [5.74, 6) is -1.86. The molecule has 0 spiro atoms. The molecule has 8 heteroatoms. The zero-order valence-electron chi connectivity index (χ0n) is 22.7. The summed E-state index contributed by atoms with van der Waals surface area (Å²) in [7, 11) is 1.81. The van der Waals surface area contributed by atoms with Crippen molar-refractivity contribution < 1.29 is 18.8 Å². The summed E-state index contributed by atoms with van der Waals surface area (Å²) in [6.07, 6.45) is 2.00. The third kappa shape index (κ3) is 5.49. The van der Waals surface area contributed by atoms with Crippen LogP contribution in [0.4, 0.5) is 4.39 Å². The molecule has 0 bridgehead atoms. The molecule has 3 amide bonds. The molecule has 0 aromatic heterocycles. The molecule has 5 rings (SSSR count). The molecular weight excluding hydrogens is 507 g/mol. The van der Waals surface area contributed by atoms with Crippen LogP contribution in [0.1, 0.15) is 36.0 Å². The van der Waals surface area contributed by atoms with E-state index in [9.17, 15) is 18.8 Å². The van der Waals surface area contributed by atoms with Gasteiger partial charge in [0.2, 0.25) is 5.91 Å². The Bertz CT molecular complexity index is 1360. The summed E-state index contributed by atoms with van der Waals surface area (Å²) in [6.45, 7) is 2.56. The van der Waals surface area contributed by atoms with E-state index in [0.29, 0.717) is 32.5 Å². The number of carbonyl (C=O) groups is 3. The first-order valence-electron chi connectivity index (χ1n) is 13.7. The number of benzene rings is 3. The molecule has 0 radical (unpaired) electrons. The molecule has 1 saturated heterocycles. The molecule has 2 aliphatic rings. The Balaban J connectivity index is 1.30. The van der Waals surface area contributed by atoms with Crippen molar-refractivity contribution in [2.75, 3.05) is 26.7 Å². The molecule has 2 fully saturated rings. The number of nitrogens with two attached hydrogens (primary N) is 1. The minimum absolute atomic E-state index is 0.0670. The summed E-state index contributed by atoms with van der Waals surface area (Å²) < 4.78 is 13.4. The molecule has 2 atom stereocenters. The van der Waals surface area contributed by atoms with Gasteiger partial charge in [0.1, 0.15) is 5.82 Å². The maximum atomic E-state index is 14.0. The first-order valence-corrected chi connectivity index (χ1v) is 13.7. The van der Waals surface area contributed by atoms with Crippen LogP contribution in [0.5, 0.6) is 0 Å². The van der Waals surface area contributed by atoms with Crippen molar-refractivity contribution in [3.63, 3.8) is 0 Å². The fourth-order valence-electron chi connectivity index (χ4n) is 6.25. The van der Waals surface area contributed by atoms with E-state index >= 15 is 0 Å². The van der Waals surface area contributed by atoms with Gasteiger partial charge in [-0.25, -0.2) is 4.39 Å². The second-order valence-corrected chi connectivity index (χ2v) is 11.1. The maximum Gasteiger partial charge on any atom is 0.309 e. The van der Waals surface area contributed by atoms with Gasteiger partial charge in [0.15, 0.2) is 0 Å². The number of halogens is 1. The molecule has 1 saturated carbocycles. The third-order valence-corrected chi connectivity index (χ3v) is 8.55. The SMILES string of the molecule is CN(Cc1ccc(F)cc1)C(=O)[C@]1(c2ccccc2)C[C@@H]1CN1CCC(NC(=O)C(N)=O)(c2ccccc2)CC1. The maximum absolute atomic E-state index is 14.0. The Labute approximate surface area is 234 Å². The highest BCUT2D eigenvalue weighted by atomic mass is 19.1. The fourth-order valence-corrected chi connectivity index (χ4v) is 6.25. The van der Waals surface area contributed by atoms with Crippen LogP contribution in [0.25, 0.3) is 0 Å². The molecule has 0 unspecified atom stereocenters. The summed E-state index contributed by atoms with van der Waals surface area (Å²) in [5, 5.41) is 2.92. The van der Waals surface area contributed by atoms with Gasteiger partial charge in [-0.3, -0.25) is 14.4 Å². The number of primary amides is 1. The minimum atomic E-state index is -0.994. The van der Waals surface area contributed by atoms with Crippen molar-refractivity contribution in [2.24, 2.45) is 11.7 Å². The van der Waals surface area contributed by atoms with Crippen LogP contribution in [0.3, 0.4) is 0 Å². The molecule has 3 aromatic carbocycles. The molecule has 1 heterocycles. The largest absolute Gasteiger partial charge is 0.361 e. The van der Waals surface area contributed by atoms with E-state index in [1.807, 2.05) is 67.7 Å². The van der Waals surface area contributed by atoms with E-state index in [2.05, 4.69) is 10.2 Å². The van der Waals surface area contributed by atoms with Crippen molar-refractivity contribution in [1.29, 1.82) is 0 Å². The van der Waals surface area contributed by atoms with Crippen LogP contribution in [0.2, 0.25) is 0 Å². The highest BCUT2D eigenvalue weighted by molar-refractivity contribution is 6.34. The minimum Gasteiger partial charge on any atom is -0.361 e. The van der Waals surface area contributed by atoms with Crippen LogP contribution >= 0.6 is 0 Å². The molecule has 208 valence electrons. The highest BCUT2D eigenvalue weighted by Gasteiger charge is 2.62. The summed E-state index contributed by atoms with van der Waals surface area (Å²) in [6, 6.07) is 25.9. The second-order valence-electron chi connectivity index (χ2n) is 11.1. The number of piperidine rings is 1. The number of carbonyl (C=O) groups excluding carboxylic acids is 3. The number of nitrogens with zero attached hydrogens (tertiary/aromatic N) is 2. The van der Waals surface area contributed by atoms with Crippen LogP contribution in [-0.4, -0.2) is 54.2 Å². The predicted molar refractivity (Wildman–Crippen MR) is 150 cm³/mol. The third-order valence-electron chi connectivity index (χ3n) is 8.55. The molecule has 3 N–H and O–H groups in total. The van der Waals surface area contributed by atoms with Gasteiger partial charge < -0.3 is 20.9 Å². The van der Waals surface area contributed by atoms with Crippen molar-refractivity contribution in [2.45, 2.75) is 36.8 Å². The van der Waals surface area contributed by atoms with E-state index in [1.165, 1.54) is 12.1 Å². The lowest BCUT2D eigenvalue weighted by molar-refractivity contribution is -0.139. The summed E-state index contributed by atoms with van der Waals surface area (Å²) in [4.78, 5) is 42.0. The quantitative estimate of drug-likeness (QED) is 0.427. The average molecular weight is 543 g/mol. The number of hydrogen-bond acceptors (Lipinski definition) is 4. The van der Waals surface area contributed by atoms with E-state index in [1.54, 1.807) is 17.0 Å². The predicted octanol–water partition coefficient (Wildman–Crippen LogP) is 3.33. The van der Waals surface area contributed by atoms with Gasteiger partial charge in [0.05, 0.1) is 11.0 Å². The highest BCUT2D eigenvalue weighted by Crippen LogP contribution is 2.56. The second kappa shape index (κ2) is 11.2. The van der Waals surface area contributed by atoms with Crippen molar-refractivity contribution in [3.05, 3.63) is 107 Å². The van der Waals surface area contributed by atoms with Gasteiger partial charge in [-0.15, -0.1) is 0 Å². The number of rotatable bonds is 8. The number of likely N-dealkylation sites (N-methyl/N-ethyl adjacent to an activating group) is 1. The molecule has 3 aromatic rings. The van der Waals surface area contributed by atoms with Crippen LogP contribution in [0, 0.1) is 11.7 Å². The van der Waals surface area contributed by atoms with E-state index < -0.39 is 22.8 Å². The number of nitrogens with one attached hydrogen (secondary N) is 1. The van der Waals surface area contributed by atoms with Gasteiger partial charge in [-0.1, -0.05) is 72.8 Å².